The number of aryl methyl sites for hydroxylation is 1. The fourth-order valence-electron chi connectivity index (χ4n) is 6.53. The van der Waals surface area contributed by atoms with Gasteiger partial charge in [-0.05, 0) is 77.9 Å². The first-order chi connectivity index (χ1) is 13.8. The Morgan fingerprint density at radius 1 is 1.07 bits per heavy atom. The fraction of sp³-hybridized carbons (Fsp3) is 0.778. The third kappa shape index (κ3) is 4.74. The SMILES string of the molecule is CCC(CC)NCCNC[C@]1(C)CCC[C@]2(C)c3ccc(C(C)C)cc3CC[C@@H]12. The van der Waals surface area contributed by atoms with E-state index in [4.69, 9.17) is 0 Å². The van der Waals surface area contributed by atoms with Crippen LogP contribution >= 0.6 is 0 Å². The standard InChI is InChI=1S/C27H46N2/c1-7-23(8-2)29-17-16-28-19-26(5)14-9-15-27(6)24-12-10-21(20(3)4)18-22(24)11-13-25(26)27/h10,12,18,20,23,25,28-29H,7-9,11,13-17,19H2,1-6H3/t25-,26-,27+/m0/s1. The molecule has 3 atom stereocenters. The second-order valence-corrected chi connectivity index (χ2v) is 10.7. The summed E-state index contributed by atoms with van der Waals surface area (Å²) >= 11 is 0. The van der Waals surface area contributed by atoms with Crippen LogP contribution in [-0.4, -0.2) is 25.7 Å². The van der Waals surface area contributed by atoms with Gasteiger partial charge in [-0.15, -0.1) is 0 Å². The summed E-state index contributed by atoms with van der Waals surface area (Å²) in [5.74, 6) is 1.42. The summed E-state index contributed by atoms with van der Waals surface area (Å²) in [7, 11) is 0. The molecular formula is C27H46N2. The molecule has 0 saturated heterocycles. The predicted molar refractivity (Wildman–Crippen MR) is 127 cm³/mol. The molecular weight excluding hydrogens is 352 g/mol. The minimum Gasteiger partial charge on any atom is -0.315 e. The first-order valence-electron chi connectivity index (χ1n) is 12.4. The van der Waals surface area contributed by atoms with Crippen LogP contribution in [0, 0.1) is 11.3 Å². The molecule has 1 aromatic carbocycles. The highest BCUT2D eigenvalue weighted by molar-refractivity contribution is 5.42. The van der Waals surface area contributed by atoms with E-state index in [0.717, 1.165) is 25.6 Å². The number of nitrogens with one attached hydrogen (secondary N) is 2. The number of benzene rings is 1. The van der Waals surface area contributed by atoms with E-state index in [2.05, 4.69) is 70.4 Å². The molecule has 2 aliphatic rings. The Bertz CT molecular complexity index is 663. The summed E-state index contributed by atoms with van der Waals surface area (Å²) in [6.07, 6.45) is 9.18. The Hall–Kier alpha value is -0.860. The van der Waals surface area contributed by atoms with Gasteiger partial charge in [0.25, 0.3) is 0 Å². The van der Waals surface area contributed by atoms with Gasteiger partial charge in [-0.1, -0.05) is 66.2 Å². The lowest BCUT2D eigenvalue weighted by Crippen LogP contribution is -2.53. The summed E-state index contributed by atoms with van der Waals surface area (Å²) in [5.41, 5.74) is 5.58. The van der Waals surface area contributed by atoms with Crippen LogP contribution in [0.1, 0.15) is 103 Å². The van der Waals surface area contributed by atoms with Gasteiger partial charge in [0.1, 0.15) is 0 Å². The van der Waals surface area contributed by atoms with E-state index in [-0.39, 0.29) is 0 Å². The van der Waals surface area contributed by atoms with Crippen molar-refractivity contribution in [2.75, 3.05) is 19.6 Å². The highest BCUT2D eigenvalue weighted by atomic mass is 15.0. The van der Waals surface area contributed by atoms with Crippen LogP contribution in [0.5, 0.6) is 0 Å². The molecule has 0 amide bonds. The lowest BCUT2D eigenvalue weighted by molar-refractivity contribution is 0.0261. The first kappa shape index (κ1) is 22.8. The molecule has 2 heteroatoms. The van der Waals surface area contributed by atoms with Crippen LogP contribution in [0.3, 0.4) is 0 Å². The van der Waals surface area contributed by atoms with Crippen LogP contribution in [0.15, 0.2) is 18.2 Å². The average molecular weight is 399 g/mol. The molecule has 0 spiro atoms. The molecule has 0 heterocycles. The minimum atomic E-state index is 0.353. The van der Waals surface area contributed by atoms with Gasteiger partial charge < -0.3 is 10.6 Å². The first-order valence-corrected chi connectivity index (χ1v) is 12.4. The number of fused-ring (bicyclic) bond motifs is 3. The molecule has 0 aliphatic heterocycles. The van der Waals surface area contributed by atoms with E-state index >= 15 is 0 Å². The summed E-state index contributed by atoms with van der Waals surface area (Å²) in [5, 5.41) is 7.53. The van der Waals surface area contributed by atoms with Gasteiger partial charge in [-0.3, -0.25) is 0 Å². The Morgan fingerprint density at radius 2 is 1.83 bits per heavy atom. The molecule has 2 N–H and O–H groups in total. The lowest BCUT2D eigenvalue weighted by atomic mass is 9.49. The van der Waals surface area contributed by atoms with Crippen molar-refractivity contribution >= 4 is 0 Å². The van der Waals surface area contributed by atoms with Crippen LogP contribution in [-0.2, 0) is 11.8 Å². The van der Waals surface area contributed by atoms with Gasteiger partial charge in [-0.2, -0.15) is 0 Å². The van der Waals surface area contributed by atoms with Crippen molar-refractivity contribution in [3.05, 3.63) is 34.9 Å². The maximum atomic E-state index is 3.83. The number of hydrogen-bond donors (Lipinski definition) is 2. The van der Waals surface area contributed by atoms with Crippen molar-refractivity contribution in [3.8, 4) is 0 Å². The maximum absolute atomic E-state index is 3.83. The normalized spacial score (nSPS) is 29.2. The lowest BCUT2D eigenvalue weighted by Gasteiger charge is -2.55. The zero-order chi connectivity index (χ0) is 21.1. The van der Waals surface area contributed by atoms with E-state index in [1.54, 1.807) is 11.1 Å². The Kier molecular flexibility index (Phi) is 7.49. The molecule has 29 heavy (non-hydrogen) atoms. The predicted octanol–water partition coefficient (Wildman–Crippen LogP) is 6.19. The molecule has 0 bridgehead atoms. The van der Waals surface area contributed by atoms with E-state index in [9.17, 15) is 0 Å². The Morgan fingerprint density at radius 3 is 2.52 bits per heavy atom. The summed E-state index contributed by atoms with van der Waals surface area (Å²) in [6, 6.07) is 8.10. The second-order valence-electron chi connectivity index (χ2n) is 10.7. The van der Waals surface area contributed by atoms with Crippen LogP contribution < -0.4 is 10.6 Å². The average Bonchev–Trinajstić information content (AvgIpc) is 2.70. The monoisotopic (exact) mass is 398 g/mol. The highest BCUT2D eigenvalue weighted by Crippen LogP contribution is 2.57. The van der Waals surface area contributed by atoms with Gasteiger partial charge in [-0.25, -0.2) is 0 Å². The molecule has 0 radical (unpaired) electrons. The molecule has 1 saturated carbocycles. The molecule has 1 fully saturated rings. The summed E-state index contributed by atoms with van der Waals surface area (Å²) in [4.78, 5) is 0. The third-order valence-electron chi connectivity index (χ3n) is 8.42. The Balaban J connectivity index is 1.67. The molecule has 0 unspecified atom stereocenters. The molecule has 2 nitrogen and oxygen atoms in total. The van der Waals surface area contributed by atoms with Crippen molar-refractivity contribution in [1.29, 1.82) is 0 Å². The zero-order valence-corrected chi connectivity index (χ0v) is 20.0. The number of rotatable bonds is 9. The van der Waals surface area contributed by atoms with Gasteiger partial charge in [0, 0.05) is 25.7 Å². The van der Waals surface area contributed by atoms with Gasteiger partial charge >= 0.3 is 0 Å². The fourth-order valence-corrected chi connectivity index (χ4v) is 6.53. The van der Waals surface area contributed by atoms with Gasteiger partial charge in [0.05, 0.1) is 0 Å². The van der Waals surface area contributed by atoms with E-state index in [1.165, 1.54) is 50.5 Å². The quantitative estimate of drug-likeness (QED) is 0.485. The van der Waals surface area contributed by atoms with E-state index in [1.807, 2.05) is 0 Å². The van der Waals surface area contributed by atoms with Crippen molar-refractivity contribution in [3.63, 3.8) is 0 Å². The van der Waals surface area contributed by atoms with Crippen molar-refractivity contribution in [2.45, 2.75) is 104 Å². The summed E-state index contributed by atoms with van der Waals surface area (Å²) < 4.78 is 0. The largest absolute Gasteiger partial charge is 0.315 e. The minimum absolute atomic E-state index is 0.353. The zero-order valence-electron chi connectivity index (χ0n) is 20.0. The van der Waals surface area contributed by atoms with Gasteiger partial charge in [0.2, 0.25) is 0 Å². The van der Waals surface area contributed by atoms with E-state index in [0.29, 0.717) is 22.8 Å². The van der Waals surface area contributed by atoms with Crippen LogP contribution in [0.25, 0.3) is 0 Å². The molecule has 0 aromatic heterocycles. The maximum Gasteiger partial charge on any atom is 0.00793 e. The molecule has 2 aliphatic carbocycles. The second kappa shape index (κ2) is 9.52. The topological polar surface area (TPSA) is 24.1 Å². The van der Waals surface area contributed by atoms with E-state index < -0.39 is 0 Å². The van der Waals surface area contributed by atoms with Crippen LogP contribution in [0.2, 0.25) is 0 Å². The number of hydrogen-bond acceptors (Lipinski definition) is 2. The molecule has 164 valence electrons. The summed E-state index contributed by atoms with van der Waals surface area (Å²) in [6.45, 7) is 17.7. The third-order valence-corrected chi connectivity index (χ3v) is 8.42. The van der Waals surface area contributed by atoms with Crippen molar-refractivity contribution in [2.24, 2.45) is 11.3 Å². The smallest absolute Gasteiger partial charge is 0.00793 e. The van der Waals surface area contributed by atoms with Crippen molar-refractivity contribution in [1.82, 2.24) is 10.6 Å². The van der Waals surface area contributed by atoms with Crippen molar-refractivity contribution < 1.29 is 0 Å². The van der Waals surface area contributed by atoms with Gasteiger partial charge in [0.15, 0.2) is 0 Å². The molecule has 1 aromatic rings. The Labute approximate surface area is 180 Å². The highest BCUT2D eigenvalue weighted by Gasteiger charge is 2.51. The molecule has 3 rings (SSSR count). The van der Waals surface area contributed by atoms with Crippen LogP contribution in [0.4, 0.5) is 0 Å².